The van der Waals surface area contributed by atoms with Gasteiger partial charge in [0.25, 0.3) is 11.8 Å². The number of thioether (sulfide) groups is 1. The molecule has 12 heteroatoms. The van der Waals surface area contributed by atoms with E-state index in [9.17, 15) is 22.8 Å². The van der Waals surface area contributed by atoms with Crippen molar-refractivity contribution in [1.29, 1.82) is 0 Å². The molecule has 228 valence electrons. The van der Waals surface area contributed by atoms with E-state index in [0.717, 1.165) is 5.56 Å². The van der Waals surface area contributed by atoms with Crippen molar-refractivity contribution < 1.29 is 27.5 Å². The molecule has 0 aliphatic rings. The molecule has 0 saturated carbocycles. The maximum atomic E-state index is 12.9. The first-order valence-electron chi connectivity index (χ1n) is 13.4. The quantitative estimate of drug-likeness (QED) is 0.162. The normalized spacial score (nSPS) is 11.1. The summed E-state index contributed by atoms with van der Waals surface area (Å²) < 4.78 is 32.2. The molecule has 3 N–H and O–H groups in total. The van der Waals surface area contributed by atoms with Crippen molar-refractivity contribution in [3.8, 4) is 5.75 Å². The molecule has 0 bridgehead atoms. The third kappa shape index (κ3) is 8.47. The van der Waals surface area contributed by atoms with Crippen LogP contribution in [0.5, 0.6) is 5.75 Å². The highest BCUT2D eigenvalue weighted by Crippen LogP contribution is 2.24. The van der Waals surface area contributed by atoms with Crippen molar-refractivity contribution in [2.24, 2.45) is 0 Å². The molecule has 4 rings (SSSR count). The van der Waals surface area contributed by atoms with Gasteiger partial charge in [-0.1, -0.05) is 48.0 Å². The van der Waals surface area contributed by atoms with E-state index in [-0.39, 0.29) is 28.7 Å². The lowest BCUT2D eigenvalue weighted by Crippen LogP contribution is -2.41. The van der Waals surface area contributed by atoms with E-state index in [2.05, 4.69) is 16.2 Å². The maximum Gasteiger partial charge on any atom is 0.270 e. The number of rotatable bonds is 11. The Labute approximate surface area is 260 Å². The molecule has 0 atom stereocenters. The summed E-state index contributed by atoms with van der Waals surface area (Å²) >= 11 is 1.19. The van der Waals surface area contributed by atoms with E-state index in [1.54, 1.807) is 104 Å². The summed E-state index contributed by atoms with van der Waals surface area (Å²) in [6.45, 7) is 2.00. The van der Waals surface area contributed by atoms with Crippen LogP contribution in [0.1, 0.15) is 31.8 Å². The van der Waals surface area contributed by atoms with Gasteiger partial charge in [0.05, 0.1) is 23.3 Å². The summed E-state index contributed by atoms with van der Waals surface area (Å²) in [6.07, 6.45) is 0. The fourth-order valence-electron chi connectivity index (χ4n) is 4.07. The molecule has 0 saturated heterocycles. The Kier molecular flexibility index (Phi) is 10.8. The number of amides is 3. The molecule has 3 amide bonds. The highest BCUT2D eigenvalue weighted by atomic mass is 32.2. The number of hydrazine groups is 1. The second-order valence-electron chi connectivity index (χ2n) is 9.74. The third-order valence-electron chi connectivity index (χ3n) is 6.48. The van der Waals surface area contributed by atoms with Crippen LogP contribution in [0.3, 0.4) is 0 Å². The zero-order valence-electron chi connectivity index (χ0n) is 24.4. The zero-order valence-corrected chi connectivity index (χ0v) is 26.0. The average molecular weight is 633 g/mol. The van der Waals surface area contributed by atoms with Crippen LogP contribution in [0.25, 0.3) is 0 Å². The van der Waals surface area contributed by atoms with E-state index in [4.69, 9.17) is 4.74 Å². The van der Waals surface area contributed by atoms with Crippen molar-refractivity contribution in [2.45, 2.75) is 23.3 Å². The van der Waals surface area contributed by atoms with E-state index in [1.807, 2.05) is 6.92 Å². The van der Waals surface area contributed by atoms with Gasteiger partial charge in [-0.15, -0.1) is 11.8 Å². The lowest BCUT2D eigenvalue weighted by Gasteiger charge is -2.17. The van der Waals surface area contributed by atoms with Crippen LogP contribution < -0.4 is 20.9 Å². The molecule has 10 nitrogen and oxygen atoms in total. The SMILES string of the molecule is COc1cccc(NC(=O)CSc2ccccc2C(=O)NNC(=O)c2ccc(CN(C)S(=O)(=O)c3ccc(C)cc3)cc2)c1. The number of nitrogens with zero attached hydrogens (tertiary/aromatic N) is 1. The highest BCUT2D eigenvalue weighted by Gasteiger charge is 2.21. The largest absolute Gasteiger partial charge is 0.497 e. The predicted molar refractivity (Wildman–Crippen MR) is 170 cm³/mol. The first-order chi connectivity index (χ1) is 21.1. The zero-order chi connectivity index (χ0) is 31.7. The third-order valence-corrected chi connectivity index (χ3v) is 9.38. The van der Waals surface area contributed by atoms with Crippen LogP contribution in [0, 0.1) is 6.92 Å². The van der Waals surface area contributed by atoms with Crippen molar-refractivity contribution in [2.75, 3.05) is 25.2 Å². The smallest absolute Gasteiger partial charge is 0.270 e. The molecular formula is C32H32N4O6S2. The van der Waals surface area contributed by atoms with E-state index in [1.165, 1.54) is 23.1 Å². The molecule has 0 aliphatic heterocycles. The fourth-order valence-corrected chi connectivity index (χ4v) is 6.08. The summed E-state index contributed by atoms with van der Waals surface area (Å²) in [7, 11) is -0.639. The number of ether oxygens (including phenoxy) is 1. The molecule has 44 heavy (non-hydrogen) atoms. The number of nitrogens with one attached hydrogen (secondary N) is 3. The van der Waals surface area contributed by atoms with E-state index < -0.39 is 21.8 Å². The standard InChI is InChI=1S/C32H32N4O6S2/c1-22-11-17-27(18-12-22)44(40,41)36(2)20-23-13-15-24(16-14-23)31(38)34-35-32(39)28-9-4-5-10-29(28)43-21-30(37)33-25-7-6-8-26(19-25)42-3/h4-19H,20-21H2,1-3H3,(H,33,37)(H,34,38)(H,35,39). The minimum absolute atomic E-state index is 0.0573. The van der Waals surface area contributed by atoms with Gasteiger partial charge in [-0.25, -0.2) is 8.42 Å². The number of hydrogen-bond acceptors (Lipinski definition) is 7. The number of aryl methyl sites for hydroxylation is 1. The number of methoxy groups -OCH3 is 1. The molecule has 0 fully saturated rings. The van der Waals surface area contributed by atoms with Crippen LogP contribution in [-0.4, -0.2) is 50.4 Å². The molecular weight excluding hydrogens is 601 g/mol. The molecule has 4 aromatic rings. The number of hydrogen-bond donors (Lipinski definition) is 3. The molecule has 0 aliphatic carbocycles. The lowest BCUT2D eigenvalue weighted by molar-refractivity contribution is -0.113. The summed E-state index contributed by atoms with van der Waals surface area (Å²) in [5, 5.41) is 2.79. The molecule has 4 aromatic carbocycles. The van der Waals surface area contributed by atoms with Crippen LogP contribution >= 0.6 is 11.8 Å². The fraction of sp³-hybridized carbons (Fsp3) is 0.156. The Hall–Kier alpha value is -4.65. The highest BCUT2D eigenvalue weighted by molar-refractivity contribution is 8.00. The number of carbonyl (C=O) groups is 3. The van der Waals surface area contributed by atoms with Crippen LogP contribution in [0.4, 0.5) is 5.69 Å². The minimum atomic E-state index is -3.68. The van der Waals surface area contributed by atoms with Gasteiger partial charge >= 0.3 is 0 Å². The Bertz CT molecular complexity index is 1740. The summed E-state index contributed by atoms with van der Waals surface area (Å²) in [4.78, 5) is 38.9. The summed E-state index contributed by atoms with van der Waals surface area (Å²) in [5.74, 6) is -0.675. The average Bonchev–Trinajstić information content (AvgIpc) is 3.03. The van der Waals surface area contributed by atoms with Crippen molar-refractivity contribution in [1.82, 2.24) is 15.2 Å². The van der Waals surface area contributed by atoms with Crippen LogP contribution in [0.2, 0.25) is 0 Å². The van der Waals surface area contributed by atoms with Gasteiger partial charge in [-0.3, -0.25) is 25.2 Å². The molecule has 0 aromatic heterocycles. The Morgan fingerprint density at radius 1 is 0.841 bits per heavy atom. The van der Waals surface area contributed by atoms with E-state index >= 15 is 0 Å². The monoisotopic (exact) mass is 632 g/mol. The lowest BCUT2D eigenvalue weighted by atomic mass is 10.1. The van der Waals surface area contributed by atoms with Crippen molar-refractivity contribution >= 4 is 45.2 Å². The first kappa shape index (κ1) is 32.3. The van der Waals surface area contributed by atoms with E-state index in [0.29, 0.717) is 27.5 Å². The van der Waals surface area contributed by atoms with Crippen LogP contribution in [0.15, 0.2) is 107 Å². The Morgan fingerprint density at radius 2 is 1.52 bits per heavy atom. The van der Waals surface area contributed by atoms with Gasteiger partial charge in [0.15, 0.2) is 0 Å². The molecule has 0 heterocycles. The molecule has 0 unspecified atom stereocenters. The predicted octanol–water partition coefficient (Wildman–Crippen LogP) is 4.63. The van der Waals surface area contributed by atoms with Crippen LogP contribution in [-0.2, 0) is 21.4 Å². The van der Waals surface area contributed by atoms with Crippen molar-refractivity contribution in [3.63, 3.8) is 0 Å². The van der Waals surface area contributed by atoms with Gasteiger partial charge in [0.2, 0.25) is 15.9 Å². The molecule has 0 spiro atoms. The first-order valence-corrected chi connectivity index (χ1v) is 15.9. The van der Waals surface area contributed by atoms with Crippen molar-refractivity contribution in [3.05, 3.63) is 119 Å². The Morgan fingerprint density at radius 3 is 2.23 bits per heavy atom. The summed E-state index contributed by atoms with van der Waals surface area (Å²) in [6, 6.07) is 26.8. The minimum Gasteiger partial charge on any atom is -0.497 e. The summed E-state index contributed by atoms with van der Waals surface area (Å²) in [5.41, 5.74) is 7.62. The number of anilines is 1. The number of sulfonamides is 1. The Balaban J connectivity index is 1.30. The number of carbonyl (C=O) groups excluding carboxylic acids is 3. The van der Waals surface area contributed by atoms with Gasteiger partial charge in [-0.2, -0.15) is 4.31 Å². The second-order valence-corrected chi connectivity index (χ2v) is 12.8. The van der Waals surface area contributed by atoms with Gasteiger partial charge in [0.1, 0.15) is 5.75 Å². The van der Waals surface area contributed by atoms with Gasteiger partial charge < -0.3 is 10.1 Å². The topological polar surface area (TPSA) is 134 Å². The number of benzene rings is 4. The molecule has 0 radical (unpaired) electrons. The van der Waals surface area contributed by atoms with Gasteiger partial charge in [-0.05, 0) is 61.0 Å². The second kappa shape index (κ2) is 14.7. The van der Waals surface area contributed by atoms with Gasteiger partial charge in [0, 0.05) is 35.8 Å². The maximum absolute atomic E-state index is 12.9.